The number of benzene rings is 3. The molecule has 31 heavy (non-hydrogen) atoms. The summed E-state index contributed by atoms with van der Waals surface area (Å²) in [6.07, 6.45) is 0.185. The zero-order valence-corrected chi connectivity index (χ0v) is 17.2. The first kappa shape index (κ1) is 20.5. The maximum absolute atomic E-state index is 12.6. The van der Waals surface area contributed by atoms with Gasteiger partial charge in [0, 0.05) is 12.0 Å². The van der Waals surface area contributed by atoms with E-state index in [0.29, 0.717) is 36.4 Å². The highest BCUT2D eigenvalue weighted by Crippen LogP contribution is 2.31. The fourth-order valence-corrected chi connectivity index (χ4v) is 3.50. The molecule has 0 saturated heterocycles. The van der Waals surface area contributed by atoms with Crippen molar-refractivity contribution >= 4 is 11.9 Å². The topological polar surface area (TPSA) is 73.9 Å². The van der Waals surface area contributed by atoms with Crippen molar-refractivity contribution in [2.75, 3.05) is 20.3 Å². The van der Waals surface area contributed by atoms with Gasteiger partial charge in [-0.25, -0.2) is 4.79 Å². The summed E-state index contributed by atoms with van der Waals surface area (Å²) in [5.74, 6) is 0.882. The minimum absolute atomic E-state index is 0.212. The van der Waals surface area contributed by atoms with E-state index in [2.05, 4.69) is 5.32 Å². The summed E-state index contributed by atoms with van der Waals surface area (Å²) in [6.45, 7) is 0.696. The van der Waals surface area contributed by atoms with E-state index in [4.69, 9.17) is 14.2 Å². The Labute approximate surface area is 180 Å². The van der Waals surface area contributed by atoms with E-state index in [-0.39, 0.29) is 18.0 Å². The number of hydrogen-bond acceptors (Lipinski definition) is 5. The van der Waals surface area contributed by atoms with Crippen molar-refractivity contribution in [2.45, 2.75) is 12.5 Å². The normalized spacial score (nSPS) is 14.9. The number of ether oxygens (including phenoxy) is 3. The first-order valence-corrected chi connectivity index (χ1v) is 10.1. The number of rotatable bonds is 7. The van der Waals surface area contributed by atoms with Crippen LogP contribution in [0.25, 0.3) is 0 Å². The number of cyclic esters (lactones) is 1. The highest BCUT2D eigenvalue weighted by Gasteiger charge is 2.28. The van der Waals surface area contributed by atoms with Gasteiger partial charge in [0.1, 0.15) is 24.2 Å². The molecule has 158 valence electrons. The molecule has 1 N–H and O–H groups in total. The fraction of sp³-hybridized carbons (Fsp3) is 0.200. The van der Waals surface area contributed by atoms with Crippen molar-refractivity contribution in [3.05, 3.63) is 95.1 Å². The molecular formula is C25H23NO5. The number of nitrogens with one attached hydrogen (secondary N) is 1. The van der Waals surface area contributed by atoms with Crippen molar-refractivity contribution in [3.8, 4) is 11.5 Å². The lowest BCUT2D eigenvalue weighted by Crippen LogP contribution is -2.29. The SMILES string of the molecule is COc1ccc(OCCNC(=O)c2ccc3c(c2)C[C@H](c2ccccc2)OC3=O)cc1. The first-order valence-electron chi connectivity index (χ1n) is 10.1. The van der Waals surface area contributed by atoms with E-state index in [9.17, 15) is 9.59 Å². The maximum Gasteiger partial charge on any atom is 0.339 e. The molecule has 1 atom stereocenters. The van der Waals surface area contributed by atoms with E-state index < -0.39 is 0 Å². The molecule has 1 aliphatic heterocycles. The van der Waals surface area contributed by atoms with Crippen molar-refractivity contribution in [1.29, 1.82) is 0 Å². The molecule has 3 aromatic carbocycles. The number of hydrogen-bond donors (Lipinski definition) is 1. The molecule has 6 heteroatoms. The molecule has 1 heterocycles. The van der Waals surface area contributed by atoms with Crippen LogP contribution in [0.3, 0.4) is 0 Å². The van der Waals surface area contributed by atoms with Crippen LogP contribution in [0.2, 0.25) is 0 Å². The molecule has 1 amide bonds. The molecule has 0 spiro atoms. The molecule has 0 aromatic heterocycles. The highest BCUT2D eigenvalue weighted by molar-refractivity contribution is 5.97. The number of fused-ring (bicyclic) bond motifs is 1. The molecule has 4 rings (SSSR count). The molecular weight excluding hydrogens is 394 g/mol. The minimum atomic E-state index is -0.366. The summed E-state index contributed by atoms with van der Waals surface area (Å²) in [7, 11) is 1.61. The standard InChI is InChI=1S/C25H23NO5/c1-29-20-8-10-21(11-9-20)30-14-13-26-24(27)18-7-12-22-19(15-18)16-23(31-25(22)28)17-5-3-2-4-6-17/h2-12,15,23H,13-14,16H2,1H3,(H,26,27)/t23-/m1/s1. The van der Waals surface area contributed by atoms with Gasteiger partial charge < -0.3 is 19.5 Å². The quantitative estimate of drug-likeness (QED) is 0.465. The molecule has 0 saturated carbocycles. The van der Waals surface area contributed by atoms with Crippen LogP contribution in [0.15, 0.2) is 72.8 Å². The van der Waals surface area contributed by atoms with Crippen LogP contribution in [-0.4, -0.2) is 32.1 Å². The van der Waals surface area contributed by atoms with Gasteiger partial charge >= 0.3 is 5.97 Å². The van der Waals surface area contributed by atoms with Gasteiger partial charge in [0.05, 0.1) is 19.2 Å². The number of carbonyl (C=O) groups excluding carboxylic acids is 2. The average molecular weight is 417 g/mol. The third-order valence-electron chi connectivity index (χ3n) is 5.13. The van der Waals surface area contributed by atoms with E-state index in [1.54, 1.807) is 25.3 Å². The van der Waals surface area contributed by atoms with Gasteiger partial charge in [0.15, 0.2) is 0 Å². The Hall–Kier alpha value is -3.80. The largest absolute Gasteiger partial charge is 0.497 e. The van der Waals surface area contributed by atoms with Crippen LogP contribution >= 0.6 is 0 Å². The van der Waals surface area contributed by atoms with Crippen LogP contribution < -0.4 is 14.8 Å². The average Bonchev–Trinajstić information content (AvgIpc) is 2.82. The lowest BCUT2D eigenvalue weighted by atomic mass is 9.93. The molecule has 0 radical (unpaired) electrons. The number of carbonyl (C=O) groups is 2. The van der Waals surface area contributed by atoms with Gasteiger partial charge in [-0.3, -0.25) is 4.79 Å². The Balaban J connectivity index is 1.35. The van der Waals surface area contributed by atoms with Crippen LogP contribution in [0.5, 0.6) is 11.5 Å². The first-order chi connectivity index (χ1) is 15.1. The Bertz CT molecular complexity index is 1060. The van der Waals surface area contributed by atoms with E-state index in [1.165, 1.54) is 0 Å². The minimum Gasteiger partial charge on any atom is -0.497 e. The van der Waals surface area contributed by atoms with Crippen LogP contribution in [-0.2, 0) is 11.2 Å². The summed E-state index contributed by atoms with van der Waals surface area (Å²) in [5.41, 5.74) is 2.76. The van der Waals surface area contributed by atoms with Gasteiger partial charge in [0.25, 0.3) is 5.91 Å². The Morgan fingerprint density at radius 1 is 1.03 bits per heavy atom. The van der Waals surface area contributed by atoms with Crippen molar-refractivity contribution < 1.29 is 23.8 Å². The number of methoxy groups -OCH3 is 1. The van der Waals surface area contributed by atoms with Gasteiger partial charge in [-0.15, -0.1) is 0 Å². The monoisotopic (exact) mass is 417 g/mol. The van der Waals surface area contributed by atoms with E-state index >= 15 is 0 Å². The second-order valence-corrected chi connectivity index (χ2v) is 7.16. The van der Waals surface area contributed by atoms with E-state index in [0.717, 1.165) is 16.9 Å². The number of amides is 1. The Morgan fingerprint density at radius 2 is 1.77 bits per heavy atom. The zero-order valence-electron chi connectivity index (χ0n) is 17.2. The lowest BCUT2D eigenvalue weighted by Gasteiger charge is -2.25. The van der Waals surface area contributed by atoms with Crippen molar-refractivity contribution in [3.63, 3.8) is 0 Å². The van der Waals surface area contributed by atoms with Crippen molar-refractivity contribution in [2.24, 2.45) is 0 Å². The Kier molecular flexibility index (Phi) is 6.17. The summed E-state index contributed by atoms with van der Waals surface area (Å²) in [5, 5.41) is 2.85. The molecule has 6 nitrogen and oxygen atoms in total. The summed E-state index contributed by atoms with van der Waals surface area (Å²) in [6, 6.07) is 21.9. The second kappa shape index (κ2) is 9.34. The van der Waals surface area contributed by atoms with Gasteiger partial charge in [-0.05, 0) is 53.6 Å². The summed E-state index contributed by atoms with van der Waals surface area (Å²) >= 11 is 0. The molecule has 0 aliphatic carbocycles. The van der Waals surface area contributed by atoms with Crippen molar-refractivity contribution in [1.82, 2.24) is 5.32 Å². The van der Waals surface area contributed by atoms with E-state index in [1.807, 2.05) is 54.6 Å². The second-order valence-electron chi connectivity index (χ2n) is 7.16. The Morgan fingerprint density at radius 3 is 2.52 bits per heavy atom. The van der Waals surface area contributed by atoms with Gasteiger partial charge in [-0.1, -0.05) is 30.3 Å². The molecule has 0 bridgehead atoms. The zero-order chi connectivity index (χ0) is 21.6. The summed E-state index contributed by atoms with van der Waals surface area (Å²) < 4.78 is 16.3. The molecule has 1 aliphatic rings. The fourth-order valence-electron chi connectivity index (χ4n) is 3.50. The third kappa shape index (κ3) is 4.86. The highest BCUT2D eigenvalue weighted by atomic mass is 16.5. The van der Waals surface area contributed by atoms with Crippen LogP contribution in [0.4, 0.5) is 0 Å². The summed E-state index contributed by atoms with van der Waals surface area (Å²) in [4.78, 5) is 24.9. The van der Waals surface area contributed by atoms with Gasteiger partial charge in [0.2, 0.25) is 0 Å². The molecule has 3 aromatic rings. The van der Waals surface area contributed by atoms with Gasteiger partial charge in [-0.2, -0.15) is 0 Å². The molecule has 0 fully saturated rings. The van der Waals surface area contributed by atoms with Crippen LogP contribution in [0.1, 0.15) is 37.9 Å². The third-order valence-corrected chi connectivity index (χ3v) is 5.13. The predicted molar refractivity (Wildman–Crippen MR) is 116 cm³/mol. The maximum atomic E-state index is 12.6. The number of esters is 1. The molecule has 0 unspecified atom stereocenters. The van der Waals surface area contributed by atoms with Crippen LogP contribution in [0, 0.1) is 0 Å². The lowest BCUT2D eigenvalue weighted by molar-refractivity contribution is 0.0252. The smallest absolute Gasteiger partial charge is 0.339 e. The predicted octanol–water partition coefficient (Wildman–Crippen LogP) is 3.96.